The minimum Gasteiger partial charge on any atom is -0.207 e. The molecule has 146 valence electrons. The standard InChI is InChI=1S/C18H21ClN2O4S2/c1-14-3-6-18(13-15(14)2)27(24,25)21-11-9-20(10-12-21)26(22,23)17-7-4-16(19)5-8-17/h3-8,13H,9-12H2,1-2H3. The van der Waals surface area contributed by atoms with Crippen LogP contribution in [0.1, 0.15) is 11.1 Å². The summed E-state index contributed by atoms with van der Waals surface area (Å²) >= 11 is 5.81. The maximum atomic E-state index is 12.9. The molecule has 0 radical (unpaired) electrons. The van der Waals surface area contributed by atoms with Gasteiger partial charge in [0.1, 0.15) is 0 Å². The van der Waals surface area contributed by atoms with Crippen LogP contribution in [0.2, 0.25) is 5.02 Å². The van der Waals surface area contributed by atoms with Crippen LogP contribution in [-0.2, 0) is 20.0 Å². The Kier molecular flexibility index (Phi) is 5.65. The molecule has 2 aromatic rings. The Bertz CT molecular complexity index is 1040. The van der Waals surface area contributed by atoms with E-state index in [4.69, 9.17) is 11.6 Å². The van der Waals surface area contributed by atoms with Crippen LogP contribution >= 0.6 is 11.6 Å². The summed E-state index contributed by atoms with van der Waals surface area (Å²) in [5.41, 5.74) is 1.92. The maximum absolute atomic E-state index is 12.9. The van der Waals surface area contributed by atoms with E-state index < -0.39 is 20.0 Å². The second kappa shape index (κ2) is 7.52. The van der Waals surface area contributed by atoms with Crippen LogP contribution < -0.4 is 0 Å². The van der Waals surface area contributed by atoms with Crippen molar-refractivity contribution in [3.63, 3.8) is 0 Å². The van der Waals surface area contributed by atoms with Crippen molar-refractivity contribution in [2.45, 2.75) is 23.6 Å². The van der Waals surface area contributed by atoms with Gasteiger partial charge in [0, 0.05) is 31.2 Å². The lowest BCUT2D eigenvalue weighted by Gasteiger charge is -2.33. The fourth-order valence-corrected chi connectivity index (χ4v) is 5.99. The van der Waals surface area contributed by atoms with Crippen molar-refractivity contribution in [1.29, 1.82) is 0 Å². The first kappa shape index (κ1) is 20.3. The molecule has 0 aliphatic carbocycles. The molecule has 6 nitrogen and oxygen atoms in total. The molecule has 1 heterocycles. The van der Waals surface area contributed by atoms with Gasteiger partial charge < -0.3 is 0 Å². The molecule has 0 N–H and O–H groups in total. The molecular weight excluding hydrogens is 408 g/mol. The Morgan fingerprint density at radius 1 is 0.704 bits per heavy atom. The Labute approximate surface area is 165 Å². The Balaban J connectivity index is 1.76. The summed E-state index contributed by atoms with van der Waals surface area (Å²) in [4.78, 5) is 0.386. The van der Waals surface area contributed by atoms with Crippen LogP contribution in [0, 0.1) is 13.8 Å². The van der Waals surface area contributed by atoms with Gasteiger partial charge in [-0.2, -0.15) is 8.61 Å². The zero-order valence-electron chi connectivity index (χ0n) is 15.1. The lowest BCUT2D eigenvalue weighted by molar-refractivity contribution is 0.273. The van der Waals surface area contributed by atoms with E-state index in [9.17, 15) is 16.8 Å². The molecule has 0 spiro atoms. The van der Waals surface area contributed by atoms with E-state index in [2.05, 4.69) is 0 Å². The Hall–Kier alpha value is -1.45. The average molecular weight is 429 g/mol. The summed E-state index contributed by atoms with van der Waals surface area (Å²) in [7, 11) is -7.32. The van der Waals surface area contributed by atoms with Crippen molar-refractivity contribution in [2.75, 3.05) is 26.2 Å². The van der Waals surface area contributed by atoms with E-state index in [0.29, 0.717) is 5.02 Å². The molecule has 1 fully saturated rings. The van der Waals surface area contributed by atoms with Crippen molar-refractivity contribution >= 4 is 31.6 Å². The largest absolute Gasteiger partial charge is 0.243 e. The van der Waals surface area contributed by atoms with Gasteiger partial charge in [-0.3, -0.25) is 0 Å². The number of hydrogen-bond donors (Lipinski definition) is 0. The van der Waals surface area contributed by atoms with E-state index in [1.807, 2.05) is 13.8 Å². The van der Waals surface area contributed by atoms with Crippen LogP contribution in [0.5, 0.6) is 0 Å². The molecule has 1 saturated heterocycles. The van der Waals surface area contributed by atoms with Crippen molar-refractivity contribution in [2.24, 2.45) is 0 Å². The minimum atomic E-state index is -3.67. The predicted octanol–water partition coefficient (Wildman–Crippen LogP) is 2.65. The van der Waals surface area contributed by atoms with Gasteiger partial charge in [0.25, 0.3) is 0 Å². The summed E-state index contributed by atoms with van der Waals surface area (Å²) in [6.07, 6.45) is 0. The zero-order chi connectivity index (χ0) is 19.8. The molecule has 1 aliphatic rings. The van der Waals surface area contributed by atoms with Gasteiger partial charge in [-0.05, 0) is 61.4 Å². The van der Waals surface area contributed by atoms with Gasteiger partial charge in [-0.15, -0.1) is 0 Å². The van der Waals surface area contributed by atoms with Crippen LogP contribution in [0.3, 0.4) is 0 Å². The second-order valence-corrected chi connectivity index (χ2v) is 10.8. The molecule has 0 atom stereocenters. The zero-order valence-corrected chi connectivity index (χ0v) is 17.5. The minimum absolute atomic E-state index is 0.106. The van der Waals surface area contributed by atoms with Gasteiger partial charge >= 0.3 is 0 Å². The highest BCUT2D eigenvalue weighted by molar-refractivity contribution is 7.89. The molecule has 2 aromatic carbocycles. The summed E-state index contributed by atoms with van der Waals surface area (Å²) in [6, 6.07) is 11.0. The first-order chi connectivity index (χ1) is 12.6. The van der Waals surface area contributed by atoms with Gasteiger partial charge in [-0.25, -0.2) is 16.8 Å². The SMILES string of the molecule is Cc1ccc(S(=O)(=O)N2CCN(S(=O)(=O)c3ccc(Cl)cc3)CC2)cc1C. The number of halogens is 1. The fourth-order valence-electron chi connectivity index (χ4n) is 2.93. The van der Waals surface area contributed by atoms with E-state index in [0.717, 1.165) is 11.1 Å². The summed E-state index contributed by atoms with van der Waals surface area (Å²) < 4.78 is 53.8. The highest BCUT2D eigenvalue weighted by Gasteiger charge is 2.33. The number of aryl methyl sites for hydroxylation is 2. The van der Waals surface area contributed by atoms with E-state index in [1.54, 1.807) is 18.2 Å². The lowest BCUT2D eigenvalue weighted by Crippen LogP contribution is -2.50. The summed E-state index contributed by atoms with van der Waals surface area (Å²) in [6.45, 7) is 4.23. The van der Waals surface area contributed by atoms with Crippen molar-refractivity contribution in [1.82, 2.24) is 8.61 Å². The third kappa shape index (κ3) is 4.05. The average Bonchev–Trinajstić information content (AvgIpc) is 2.64. The predicted molar refractivity (Wildman–Crippen MR) is 105 cm³/mol. The third-order valence-corrected chi connectivity index (χ3v) is 8.82. The second-order valence-electron chi connectivity index (χ2n) is 6.51. The van der Waals surface area contributed by atoms with E-state index >= 15 is 0 Å². The normalized spacial score (nSPS) is 17.1. The molecule has 1 aliphatic heterocycles. The van der Waals surface area contributed by atoms with Gasteiger partial charge in [-0.1, -0.05) is 17.7 Å². The van der Waals surface area contributed by atoms with Crippen LogP contribution in [-0.4, -0.2) is 51.6 Å². The molecule has 27 heavy (non-hydrogen) atoms. The quantitative estimate of drug-likeness (QED) is 0.750. The number of piperazine rings is 1. The monoisotopic (exact) mass is 428 g/mol. The lowest BCUT2D eigenvalue weighted by atomic mass is 10.1. The van der Waals surface area contributed by atoms with Crippen LogP contribution in [0.15, 0.2) is 52.3 Å². The number of sulfonamides is 2. The number of nitrogens with zero attached hydrogens (tertiary/aromatic N) is 2. The van der Waals surface area contributed by atoms with Crippen molar-refractivity contribution in [3.05, 3.63) is 58.6 Å². The van der Waals surface area contributed by atoms with Crippen LogP contribution in [0.4, 0.5) is 0 Å². The Morgan fingerprint density at radius 2 is 1.15 bits per heavy atom. The maximum Gasteiger partial charge on any atom is 0.243 e. The molecule has 0 aromatic heterocycles. The number of benzene rings is 2. The van der Waals surface area contributed by atoms with Gasteiger partial charge in [0.2, 0.25) is 20.0 Å². The fraction of sp³-hybridized carbons (Fsp3) is 0.333. The molecule has 0 bridgehead atoms. The highest BCUT2D eigenvalue weighted by atomic mass is 35.5. The van der Waals surface area contributed by atoms with Crippen molar-refractivity contribution < 1.29 is 16.8 Å². The molecular formula is C18H21ClN2O4S2. The molecule has 0 amide bonds. The molecule has 9 heteroatoms. The van der Waals surface area contributed by atoms with E-state index in [1.165, 1.54) is 32.9 Å². The smallest absolute Gasteiger partial charge is 0.207 e. The first-order valence-electron chi connectivity index (χ1n) is 8.45. The third-order valence-electron chi connectivity index (χ3n) is 4.77. The summed E-state index contributed by atoms with van der Waals surface area (Å²) in [5.74, 6) is 0. The molecule has 3 rings (SSSR count). The summed E-state index contributed by atoms with van der Waals surface area (Å²) in [5, 5.41) is 0.457. The molecule has 0 saturated carbocycles. The van der Waals surface area contributed by atoms with Crippen LogP contribution in [0.25, 0.3) is 0 Å². The first-order valence-corrected chi connectivity index (χ1v) is 11.7. The van der Waals surface area contributed by atoms with Gasteiger partial charge in [0.15, 0.2) is 0 Å². The van der Waals surface area contributed by atoms with E-state index in [-0.39, 0.29) is 36.0 Å². The molecule has 0 unspecified atom stereocenters. The van der Waals surface area contributed by atoms with Gasteiger partial charge in [0.05, 0.1) is 9.79 Å². The number of hydrogen-bond acceptors (Lipinski definition) is 4. The topological polar surface area (TPSA) is 74.8 Å². The van der Waals surface area contributed by atoms with Crippen molar-refractivity contribution in [3.8, 4) is 0 Å². The Morgan fingerprint density at radius 3 is 1.63 bits per heavy atom. The highest BCUT2D eigenvalue weighted by Crippen LogP contribution is 2.23. The number of rotatable bonds is 4.